The Bertz CT molecular complexity index is 1890. The summed E-state index contributed by atoms with van der Waals surface area (Å²) < 4.78 is 56.5. The van der Waals surface area contributed by atoms with Gasteiger partial charge in [0.1, 0.15) is 30.7 Å². The molecule has 0 amide bonds. The van der Waals surface area contributed by atoms with Gasteiger partial charge in [0.15, 0.2) is 12.3 Å². The van der Waals surface area contributed by atoms with Crippen LogP contribution in [0.5, 0.6) is 0 Å². The van der Waals surface area contributed by atoms with E-state index in [-0.39, 0.29) is 18.7 Å². The Balaban J connectivity index is 1.85. The van der Waals surface area contributed by atoms with Crippen molar-refractivity contribution in [3.63, 3.8) is 0 Å². The molecule has 19 nitrogen and oxygen atoms in total. The van der Waals surface area contributed by atoms with Crippen molar-refractivity contribution in [3.05, 3.63) is 83.5 Å². The summed E-state index contributed by atoms with van der Waals surface area (Å²) in [7, 11) is -10.9. The number of phosphoric acid groups is 2. The van der Waals surface area contributed by atoms with E-state index >= 15 is 0 Å². The molecule has 0 aliphatic carbocycles. The van der Waals surface area contributed by atoms with Gasteiger partial charge in [-0.1, -0.05) is 133 Å². The standard InChI is InChI=1S/C46H75N3O16P2/c1-4-5-27-37(50)28-23-19-15-10-8-6-7-9-11-16-20-24-29-41(51)60-33-38(63-42(52)30-25-21-17-13-12-14-18-22-26-36(2)3)34-61-66(56,57)65-67(58,59)62-35-39-43(53)44(54)45(64-39)49-32-31-40(47)48-46(49)55/h5-7,10-11,15-16,19,23,27,31-32,36-39,43-45,50,53-54H,4,8-9,12-14,17-18,20-22,24-26,28-30,33-35H2,1-3H3,(H,56,57)(H,58,59)(H2,47,48,55)/b7-6-,15-10-,16-11-,23-19+,27-5-/t37?,38-,39-,43-,44-,45-/m1/s1. The Morgan fingerprint density at radius 3 is 2.15 bits per heavy atom. The van der Waals surface area contributed by atoms with Gasteiger partial charge in [-0.05, 0) is 56.9 Å². The average Bonchev–Trinajstić information content (AvgIpc) is 3.54. The van der Waals surface area contributed by atoms with E-state index in [1.54, 1.807) is 6.08 Å². The molecule has 0 radical (unpaired) electrons. The Morgan fingerprint density at radius 2 is 1.46 bits per heavy atom. The maximum absolute atomic E-state index is 12.8. The molecule has 67 heavy (non-hydrogen) atoms. The fraction of sp³-hybridized carbons (Fsp3) is 0.652. The van der Waals surface area contributed by atoms with Gasteiger partial charge in [0, 0.05) is 19.0 Å². The highest BCUT2D eigenvalue weighted by atomic mass is 31.3. The Morgan fingerprint density at radius 1 is 0.836 bits per heavy atom. The Kier molecular flexibility index (Phi) is 30.1. The maximum Gasteiger partial charge on any atom is 0.481 e. The number of anilines is 1. The molecule has 380 valence electrons. The largest absolute Gasteiger partial charge is 0.481 e. The fourth-order valence-corrected chi connectivity index (χ4v) is 8.60. The van der Waals surface area contributed by atoms with E-state index in [0.717, 1.165) is 49.3 Å². The number of allylic oxidation sites excluding steroid dienone is 8. The van der Waals surface area contributed by atoms with Gasteiger partial charge in [-0.2, -0.15) is 9.29 Å². The number of rotatable bonds is 36. The minimum Gasteiger partial charge on any atom is -0.462 e. The van der Waals surface area contributed by atoms with Gasteiger partial charge in [0.05, 0.1) is 19.3 Å². The van der Waals surface area contributed by atoms with Crippen LogP contribution in [-0.2, 0) is 46.3 Å². The third-order valence-electron chi connectivity index (χ3n) is 10.1. The van der Waals surface area contributed by atoms with Crippen LogP contribution in [0.15, 0.2) is 77.8 Å². The van der Waals surface area contributed by atoms with Crippen LogP contribution in [0.2, 0.25) is 0 Å². The molecule has 1 fully saturated rings. The van der Waals surface area contributed by atoms with Gasteiger partial charge in [-0.15, -0.1) is 0 Å². The molecule has 0 saturated carbocycles. The second-order valence-electron chi connectivity index (χ2n) is 16.6. The highest BCUT2D eigenvalue weighted by Gasteiger charge is 2.46. The monoisotopic (exact) mass is 987 g/mol. The number of esters is 2. The molecule has 2 heterocycles. The first-order valence-corrected chi connectivity index (χ1v) is 26.3. The molecule has 1 aromatic heterocycles. The summed E-state index contributed by atoms with van der Waals surface area (Å²) in [5, 5.41) is 30.6. The third kappa shape index (κ3) is 27.9. The number of hydrogen-bond donors (Lipinski definition) is 6. The smallest absolute Gasteiger partial charge is 0.462 e. The summed E-state index contributed by atoms with van der Waals surface area (Å²) in [6.45, 7) is 4.06. The number of carbonyl (C=O) groups is 2. The number of nitrogen functional groups attached to an aromatic ring is 1. The van der Waals surface area contributed by atoms with Crippen LogP contribution in [0.1, 0.15) is 136 Å². The number of aliphatic hydroxyl groups excluding tert-OH is 3. The van der Waals surface area contributed by atoms with Crippen LogP contribution >= 0.6 is 15.6 Å². The lowest BCUT2D eigenvalue weighted by molar-refractivity contribution is -0.161. The second kappa shape index (κ2) is 33.8. The topological polar surface area (TPSA) is 286 Å². The number of ether oxygens (including phenoxy) is 3. The quantitative estimate of drug-likeness (QED) is 0.0124. The van der Waals surface area contributed by atoms with Crippen LogP contribution < -0.4 is 11.4 Å². The van der Waals surface area contributed by atoms with Crippen LogP contribution in [-0.4, -0.2) is 96.9 Å². The summed E-state index contributed by atoms with van der Waals surface area (Å²) in [6, 6.07) is 1.24. The van der Waals surface area contributed by atoms with Gasteiger partial charge in [0.25, 0.3) is 0 Å². The zero-order valence-electron chi connectivity index (χ0n) is 39.2. The van der Waals surface area contributed by atoms with Crippen LogP contribution in [0.4, 0.5) is 5.82 Å². The number of aliphatic hydroxyl groups is 3. The molecule has 2 rings (SSSR count). The molecule has 0 aromatic carbocycles. The number of unbranched alkanes of at least 4 members (excludes halogenated alkanes) is 8. The van der Waals surface area contributed by atoms with Crippen LogP contribution in [0.3, 0.4) is 0 Å². The highest BCUT2D eigenvalue weighted by Crippen LogP contribution is 2.60. The first kappa shape index (κ1) is 59.5. The zero-order chi connectivity index (χ0) is 49.5. The van der Waals surface area contributed by atoms with Crippen molar-refractivity contribution in [2.75, 3.05) is 25.6 Å². The fourth-order valence-electron chi connectivity index (χ4n) is 6.49. The zero-order valence-corrected chi connectivity index (χ0v) is 41.0. The van der Waals surface area contributed by atoms with Crippen molar-refractivity contribution in [2.45, 2.75) is 167 Å². The highest BCUT2D eigenvalue weighted by molar-refractivity contribution is 7.61. The summed E-state index contributed by atoms with van der Waals surface area (Å²) in [6.07, 6.45) is 25.5. The second-order valence-corrected chi connectivity index (χ2v) is 19.6. The Hall–Kier alpha value is -3.58. The normalized spacial score (nSPS) is 20.7. The lowest BCUT2D eigenvalue weighted by Crippen LogP contribution is -2.36. The van der Waals surface area contributed by atoms with E-state index in [1.807, 2.05) is 61.6 Å². The maximum atomic E-state index is 12.8. The summed E-state index contributed by atoms with van der Waals surface area (Å²) in [5.41, 5.74) is 4.57. The summed E-state index contributed by atoms with van der Waals surface area (Å²) >= 11 is 0. The molecule has 8 atom stereocenters. The van der Waals surface area contributed by atoms with Gasteiger partial charge >= 0.3 is 33.3 Å². The number of nitrogens with zero attached hydrogens (tertiary/aromatic N) is 2. The SMILES string of the molecule is CC/C=C\C(O)C/C=C/C=C\C/C=C\C/C=C\CCCC(=O)OC[C@H](COP(=O)(O)OP(=O)(O)OC[C@H]1O[C@@H](n2ccc(N)nc2=O)[C@H](O)[C@@H]1O)OC(=O)CCCCCCCCCCC(C)C. The van der Waals surface area contributed by atoms with Crippen LogP contribution in [0.25, 0.3) is 0 Å². The molecule has 0 bridgehead atoms. The van der Waals surface area contributed by atoms with Crippen molar-refractivity contribution < 1.29 is 71.4 Å². The van der Waals surface area contributed by atoms with Crippen molar-refractivity contribution in [1.29, 1.82) is 0 Å². The van der Waals surface area contributed by atoms with Gasteiger partial charge < -0.3 is 45.1 Å². The van der Waals surface area contributed by atoms with Gasteiger partial charge in [0.2, 0.25) is 0 Å². The Labute approximate surface area is 395 Å². The molecule has 21 heteroatoms. The van der Waals surface area contributed by atoms with Crippen molar-refractivity contribution >= 4 is 33.4 Å². The van der Waals surface area contributed by atoms with Crippen molar-refractivity contribution in [3.8, 4) is 0 Å². The molecule has 1 aliphatic rings. The predicted molar refractivity (Wildman–Crippen MR) is 253 cm³/mol. The molecule has 1 saturated heterocycles. The predicted octanol–water partition coefficient (Wildman–Crippen LogP) is 7.60. The lowest BCUT2D eigenvalue weighted by atomic mass is 10.0. The number of phosphoric ester groups is 2. The first-order valence-electron chi connectivity index (χ1n) is 23.3. The molecular formula is C46H75N3O16P2. The number of aromatic nitrogens is 2. The molecular weight excluding hydrogens is 912 g/mol. The third-order valence-corrected chi connectivity index (χ3v) is 12.7. The summed E-state index contributed by atoms with van der Waals surface area (Å²) in [4.78, 5) is 61.7. The molecule has 0 spiro atoms. The molecule has 3 unspecified atom stereocenters. The van der Waals surface area contributed by atoms with E-state index in [0.29, 0.717) is 38.0 Å². The number of nitrogens with two attached hydrogens (primary N) is 1. The number of carbonyl (C=O) groups excluding carboxylic acids is 2. The first-order chi connectivity index (χ1) is 31.9. The molecule has 7 N–H and O–H groups in total. The van der Waals surface area contributed by atoms with E-state index in [1.165, 1.54) is 31.7 Å². The van der Waals surface area contributed by atoms with Crippen molar-refractivity contribution in [2.24, 2.45) is 5.92 Å². The minimum atomic E-state index is -5.44. The minimum absolute atomic E-state index is 0.0265. The van der Waals surface area contributed by atoms with E-state index in [2.05, 4.69) is 23.1 Å². The molecule has 1 aromatic rings. The summed E-state index contributed by atoms with van der Waals surface area (Å²) in [5.74, 6) is -0.700. The van der Waals surface area contributed by atoms with Gasteiger partial charge in [-0.25, -0.2) is 13.9 Å². The van der Waals surface area contributed by atoms with E-state index < -0.39 is 89.8 Å². The molecule has 1 aliphatic heterocycles. The van der Waals surface area contributed by atoms with E-state index in [9.17, 15) is 48.6 Å². The van der Waals surface area contributed by atoms with Crippen LogP contribution in [0, 0.1) is 5.92 Å². The average molecular weight is 988 g/mol. The number of hydrogen-bond acceptors (Lipinski definition) is 16. The lowest BCUT2D eigenvalue weighted by Gasteiger charge is -2.21. The van der Waals surface area contributed by atoms with E-state index in [4.69, 9.17) is 29.0 Å². The van der Waals surface area contributed by atoms with Gasteiger partial charge in [-0.3, -0.25) is 23.2 Å². The van der Waals surface area contributed by atoms with Crippen molar-refractivity contribution in [1.82, 2.24) is 9.55 Å².